The first-order chi connectivity index (χ1) is 18.1. The van der Waals surface area contributed by atoms with E-state index < -0.39 is 0 Å². The summed E-state index contributed by atoms with van der Waals surface area (Å²) >= 11 is 1.56. The minimum absolute atomic E-state index is 0.0400. The number of benzene rings is 2. The summed E-state index contributed by atoms with van der Waals surface area (Å²) < 4.78 is 7.66. The maximum absolute atomic E-state index is 13.8. The number of anilines is 1. The Hall–Kier alpha value is -3.26. The maximum Gasteiger partial charge on any atom is 0.240 e. The van der Waals surface area contributed by atoms with Gasteiger partial charge >= 0.3 is 0 Å². The number of ether oxygens (including phenoxy) is 1. The summed E-state index contributed by atoms with van der Waals surface area (Å²) in [5.74, 6) is 1.43. The lowest BCUT2D eigenvalue weighted by molar-refractivity contribution is -0.123. The molecule has 1 fully saturated rings. The summed E-state index contributed by atoms with van der Waals surface area (Å²) in [6.45, 7) is 10.5. The number of nitrogens with one attached hydrogen (secondary N) is 1. The minimum atomic E-state index is -0.315. The molecule has 2 amide bonds. The first kappa shape index (κ1) is 26.4. The SMILES string of the molecule is COc1ccccc1[C@H]1SCC(=O)N(CC(=O)NC2CC2)c2c1c(C(C)(C)C)nn2-c1ccc(C)cc1C. The third kappa shape index (κ3) is 5.06. The second kappa shape index (κ2) is 10.1. The van der Waals surface area contributed by atoms with Gasteiger partial charge in [0, 0.05) is 22.6 Å². The Morgan fingerprint density at radius 2 is 1.89 bits per heavy atom. The molecule has 8 heteroatoms. The number of amides is 2. The molecule has 3 aromatic rings. The van der Waals surface area contributed by atoms with Gasteiger partial charge in [-0.05, 0) is 44.4 Å². The van der Waals surface area contributed by atoms with E-state index in [2.05, 4.69) is 58.1 Å². The maximum atomic E-state index is 13.8. The summed E-state index contributed by atoms with van der Waals surface area (Å²) in [7, 11) is 1.67. The summed E-state index contributed by atoms with van der Waals surface area (Å²) in [5.41, 5.74) is 5.63. The Bertz CT molecular complexity index is 1390. The van der Waals surface area contributed by atoms with Crippen molar-refractivity contribution in [3.05, 3.63) is 70.4 Å². The van der Waals surface area contributed by atoms with Gasteiger partial charge in [0.25, 0.3) is 0 Å². The van der Waals surface area contributed by atoms with Gasteiger partial charge in [-0.3, -0.25) is 14.5 Å². The molecule has 1 aliphatic carbocycles. The molecule has 1 saturated carbocycles. The molecule has 1 aromatic heterocycles. The zero-order chi connectivity index (χ0) is 27.2. The van der Waals surface area contributed by atoms with Crippen molar-refractivity contribution >= 4 is 29.4 Å². The lowest BCUT2D eigenvalue weighted by atomic mass is 9.87. The lowest BCUT2D eigenvalue weighted by Gasteiger charge is -2.25. The van der Waals surface area contributed by atoms with Gasteiger partial charge in [0.1, 0.15) is 18.1 Å². The predicted molar refractivity (Wildman–Crippen MR) is 153 cm³/mol. The highest BCUT2D eigenvalue weighted by Gasteiger charge is 2.41. The molecule has 2 aliphatic rings. The number of aromatic nitrogens is 2. The van der Waals surface area contributed by atoms with Crippen molar-refractivity contribution in [1.29, 1.82) is 0 Å². The van der Waals surface area contributed by atoms with Gasteiger partial charge < -0.3 is 10.1 Å². The summed E-state index contributed by atoms with van der Waals surface area (Å²) in [6, 6.07) is 14.4. The quantitative estimate of drug-likeness (QED) is 0.470. The lowest BCUT2D eigenvalue weighted by Crippen LogP contribution is -2.43. The average molecular weight is 533 g/mol. The number of aryl methyl sites for hydroxylation is 2. The molecule has 0 unspecified atom stereocenters. The summed E-state index contributed by atoms with van der Waals surface area (Å²) in [5, 5.41) is 8.06. The van der Waals surface area contributed by atoms with E-state index in [1.165, 1.54) is 0 Å². The topological polar surface area (TPSA) is 76.5 Å². The van der Waals surface area contributed by atoms with E-state index in [0.717, 1.165) is 52.2 Å². The van der Waals surface area contributed by atoms with Gasteiger partial charge in [-0.25, -0.2) is 4.68 Å². The van der Waals surface area contributed by atoms with Gasteiger partial charge in [-0.15, -0.1) is 11.8 Å². The first-order valence-electron chi connectivity index (χ1n) is 13.1. The van der Waals surface area contributed by atoms with E-state index in [-0.39, 0.29) is 40.8 Å². The minimum Gasteiger partial charge on any atom is -0.496 e. The largest absolute Gasteiger partial charge is 0.496 e. The van der Waals surface area contributed by atoms with Crippen molar-refractivity contribution in [2.45, 2.75) is 64.2 Å². The van der Waals surface area contributed by atoms with Crippen LogP contribution in [0.2, 0.25) is 0 Å². The molecule has 0 bridgehead atoms. The second-order valence-electron chi connectivity index (χ2n) is 11.3. The van der Waals surface area contributed by atoms with Crippen molar-refractivity contribution in [2.24, 2.45) is 0 Å². The molecule has 0 spiro atoms. The number of thioether (sulfide) groups is 1. The molecule has 200 valence electrons. The standard InChI is InChI=1S/C30H36N4O3S/c1-18-11-14-22(19(2)15-18)34-29-26(28(32-34)30(3,4)5)27(21-9-7-8-10-23(21)37-6)38-17-25(36)33(29)16-24(35)31-20-12-13-20/h7-11,14-15,20,27H,12-13,16-17H2,1-6H3,(H,31,35)/t27-/m1/s1. The van der Waals surface area contributed by atoms with Crippen molar-refractivity contribution in [3.63, 3.8) is 0 Å². The van der Waals surface area contributed by atoms with Crippen LogP contribution >= 0.6 is 11.8 Å². The van der Waals surface area contributed by atoms with E-state index in [0.29, 0.717) is 5.82 Å². The van der Waals surface area contributed by atoms with Crippen LogP contribution in [0.3, 0.4) is 0 Å². The molecule has 1 aliphatic heterocycles. The number of nitrogens with zero attached hydrogens (tertiary/aromatic N) is 3. The molecular weight excluding hydrogens is 496 g/mol. The van der Waals surface area contributed by atoms with Crippen LogP contribution in [-0.2, 0) is 15.0 Å². The number of para-hydroxylation sites is 1. The second-order valence-corrected chi connectivity index (χ2v) is 12.4. The normalized spacial score (nSPS) is 17.7. The molecule has 2 aromatic carbocycles. The Labute approximate surface area is 228 Å². The van der Waals surface area contributed by atoms with Gasteiger partial charge in [-0.2, -0.15) is 5.10 Å². The van der Waals surface area contributed by atoms with E-state index >= 15 is 0 Å². The zero-order valence-corrected chi connectivity index (χ0v) is 23.8. The van der Waals surface area contributed by atoms with Crippen molar-refractivity contribution in [2.75, 3.05) is 24.3 Å². The van der Waals surface area contributed by atoms with Gasteiger partial charge in [0.15, 0.2) is 0 Å². The van der Waals surface area contributed by atoms with E-state index in [9.17, 15) is 9.59 Å². The van der Waals surface area contributed by atoms with Gasteiger partial charge in [0.05, 0.1) is 29.5 Å². The van der Waals surface area contributed by atoms with Crippen LogP contribution < -0.4 is 15.0 Å². The molecule has 2 heterocycles. The molecule has 1 N–H and O–H groups in total. The number of rotatable bonds is 6. The molecule has 7 nitrogen and oxygen atoms in total. The smallest absolute Gasteiger partial charge is 0.240 e. The van der Waals surface area contributed by atoms with Crippen molar-refractivity contribution in [1.82, 2.24) is 15.1 Å². The number of carbonyl (C=O) groups is 2. The van der Waals surface area contributed by atoms with E-state index in [1.54, 1.807) is 23.8 Å². The third-order valence-corrected chi connectivity index (χ3v) is 8.28. The first-order valence-corrected chi connectivity index (χ1v) is 14.2. The van der Waals surface area contributed by atoms with Crippen LogP contribution in [0.5, 0.6) is 5.75 Å². The van der Waals surface area contributed by atoms with Crippen LogP contribution in [0, 0.1) is 13.8 Å². The fourth-order valence-electron chi connectivity index (χ4n) is 5.06. The van der Waals surface area contributed by atoms with E-state index in [1.807, 2.05) is 28.9 Å². The highest BCUT2D eigenvalue weighted by molar-refractivity contribution is 8.00. The fraction of sp³-hybridized carbons (Fsp3) is 0.433. The van der Waals surface area contributed by atoms with Gasteiger partial charge in [0.2, 0.25) is 11.8 Å². The monoisotopic (exact) mass is 532 g/mol. The Kier molecular flexibility index (Phi) is 7.03. The third-order valence-electron chi connectivity index (χ3n) is 7.05. The van der Waals surface area contributed by atoms with Crippen LogP contribution in [0.25, 0.3) is 5.69 Å². The van der Waals surface area contributed by atoms with Crippen LogP contribution in [-0.4, -0.2) is 47.0 Å². The zero-order valence-electron chi connectivity index (χ0n) is 23.0. The number of carbonyl (C=O) groups excluding carboxylic acids is 2. The predicted octanol–water partition coefficient (Wildman–Crippen LogP) is 5.24. The van der Waals surface area contributed by atoms with Crippen LogP contribution in [0.1, 0.15) is 66.8 Å². The highest BCUT2D eigenvalue weighted by atomic mass is 32.2. The number of hydrogen-bond acceptors (Lipinski definition) is 5. The van der Waals surface area contributed by atoms with E-state index in [4.69, 9.17) is 9.84 Å². The van der Waals surface area contributed by atoms with Gasteiger partial charge in [-0.1, -0.05) is 56.7 Å². The molecule has 5 rings (SSSR count). The molecule has 0 radical (unpaired) electrons. The number of fused-ring (bicyclic) bond motifs is 1. The summed E-state index contributed by atoms with van der Waals surface area (Å²) in [4.78, 5) is 28.5. The fourth-order valence-corrected chi connectivity index (χ4v) is 6.28. The van der Waals surface area contributed by atoms with Crippen molar-refractivity contribution in [3.8, 4) is 11.4 Å². The molecule has 1 atom stereocenters. The highest BCUT2D eigenvalue weighted by Crippen LogP contribution is 2.50. The molecule has 0 saturated heterocycles. The Morgan fingerprint density at radius 3 is 2.55 bits per heavy atom. The molecular formula is C30H36N4O3S. The van der Waals surface area contributed by atoms with Crippen molar-refractivity contribution < 1.29 is 14.3 Å². The van der Waals surface area contributed by atoms with Crippen LogP contribution in [0.4, 0.5) is 5.82 Å². The Balaban J connectivity index is 1.79. The van der Waals surface area contributed by atoms with Crippen LogP contribution in [0.15, 0.2) is 42.5 Å². The Morgan fingerprint density at radius 1 is 1.16 bits per heavy atom. The molecule has 38 heavy (non-hydrogen) atoms. The summed E-state index contributed by atoms with van der Waals surface area (Å²) in [6.07, 6.45) is 1.98. The number of methoxy groups -OCH3 is 1. The number of hydrogen-bond donors (Lipinski definition) is 1. The average Bonchev–Trinajstić information content (AvgIpc) is 3.61.